The van der Waals surface area contributed by atoms with Gasteiger partial charge in [0.25, 0.3) is 0 Å². The van der Waals surface area contributed by atoms with Crippen LogP contribution < -0.4 is 5.32 Å². The molecule has 2 rings (SSSR count). The first-order valence-electron chi connectivity index (χ1n) is 6.19. The van der Waals surface area contributed by atoms with E-state index in [2.05, 4.69) is 12.2 Å². The summed E-state index contributed by atoms with van der Waals surface area (Å²) in [6.45, 7) is 4.31. The Morgan fingerprint density at radius 2 is 2.39 bits per heavy atom. The van der Waals surface area contributed by atoms with Crippen LogP contribution in [-0.2, 0) is 11.3 Å². The Bertz CT molecular complexity index is 450. The topological polar surface area (TPSA) is 45.0 Å². The summed E-state index contributed by atoms with van der Waals surface area (Å²) >= 11 is 0. The molecular formula is C14H17FN2O. The molecule has 3 nitrogen and oxygen atoms in total. The summed E-state index contributed by atoms with van der Waals surface area (Å²) in [7, 11) is 0. The van der Waals surface area contributed by atoms with Gasteiger partial charge in [-0.25, -0.2) is 4.39 Å². The molecule has 1 aliphatic heterocycles. The van der Waals surface area contributed by atoms with Crippen molar-refractivity contribution in [2.24, 2.45) is 5.92 Å². The Morgan fingerprint density at radius 1 is 1.56 bits per heavy atom. The van der Waals surface area contributed by atoms with Crippen molar-refractivity contribution in [3.05, 3.63) is 35.1 Å². The Balaban J connectivity index is 1.93. The molecular weight excluding hydrogens is 231 g/mol. The SMILES string of the molecule is CC(NCc1cc(F)cc(C#N)c1)C1CCOC1. The first kappa shape index (κ1) is 13.0. The maximum Gasteiger partial charge on any atom is 0.124 e. The first-order valence-corrected chi connectivity index (χ1v) is 6.19. The molecule has 0 amide bonds. The van der Waals surface area contributed by atoms with Crippen LogP contribution in [0.2, 0.25) is 0 Å². The smallest absolute Gasteiger partial charge is 0.124 e. The van der Waals surface area contributed by atoms with Gasteiger partial charge >= 0.3 is 0 Å². The molecule has 0 spiro atoms. The molecule has 0 radical (unpaired) electrons. The van der Waals surface area contributed by atoms with Crippen molar-refractivity contribution in [3.63, 3.8) is 0 Å². The summed E-state index contributed by atoms with van der Waals surface area (Å²) in [6, 6.07) is 6.73. The number of nitriles is 1. The summed E-state index contributed by atoms with van der Waals surface area (Å²) in [5.41, 5.74) is 1.17. The van der Waals surface area contributed by atoms with Crippen LogP contribution in [0, 0.1) is 23.1 Å². The highest BCUT2D eigenvalue weighted by Gasteiger charge is 2.21. The Morgan fingerprint density at radius 3 is 3.06 bits per heavy atom. The van der Waals surface area contributed by atoms with Crippen molar-refractivity contribution < 1.29 is 9.13 Å². The second-order valence-corrected chi connectivity index (χ2v) is 4.75. The lowest BCUT2D eigenvalue weighted by Crippen LogP contribution is -2.33. The first-order chi connectivity index (χ1) is 8.69. The van der Waals surface area contributed by atoms with E-state index in [0.29, 0.717) is 24.1 Å². The van der Waals surface area contributed by atoms with E-state index >= 15 is 0 Å². The second kappa shape index (κ2) is 5.94. The molecule has 2 atom stereocenters. The predicted octanol–water partition coefficient (Wildman–Crippen LogP) is 2.21. The lowest BCUT2D eigenvalue weighted by atomic mass is 10.0. The number of rotatable bonds is 4. The molecule has 0 aliphatic carbocycles. The van der Waals surface area contributed by atoms with E-state index in [4.69, 9.17) is 10.00 Å². The van der Waals surface area contributed by atoms with E-state index < -0.39 is 0 Å². The number of benzene rings is 1. The number of nitrogens with zero attached hydrogens (tertiary/aromatic N) is 1. The van der Waals surface area contributed by atoms with Crippen molar-refractivity contribution in [2.75, 3.05) is 13.2 Å². The number of ether oxygens (including phenoxy) is 1. The van der Waals surface area contributed by atoms with E-state index in [0.717, 1.165) is 25.2 Å². The van der Waals surface area contributed by atoms with E-state index in [1.807, 2.05) is 6.07 Å². The van der Waals surface area contributed by atoms with E-state index in [1.54, 1.807) is 6.07 Å². The van der Waals surface area contributed by atoms with Crippen LogP contribution in [0.1, 0.15) is 24.5 Å². The largest absolute Gasteiger partial charge is 0.381 e. The molecule has 4 heteroatoms. The van der Waals surface area contributed by atoms with Gasteiger partial charge in [0.15, 0.2) is 0 Å². The fourth-order valence-corrected chi connectivity index (χ4v) is 2.21. The molecule has 18 heavy (non-hydrogen) atoms. The van der Waals surface area contributed by atoms with E-state index in [9.17, 15) is 4.39 Å². The average molecular weight is 248 g/mol. The van der Waals surface area contributed by atoms with Gasteiger partial charge in [0.05, 0.1) is 18.2 Å². The average Bonchev–Trinajstić information content (AvgIpc) is 2.89. The van der Waals surface area contributed by atoms with Gasteiger partial charge in [-0.1, -0.05) is 0 Å². The van der Waals surface area contributed by atoms with Gasteiger partial charge in [0.1, 0.15) is 5.82 Å². The molecule has 0 bridgehead atoms. The van der Waals surface area contributed by atoms with Crippen molar-refractivity contribution in [1.29, 1.82) is 5.26 Å². The minimum absolute atomic E-state index is 0.335. The highest BCUT2D eigenvalue weighted by molar-refractivity contribution is 5.33. The molecule has 0 saturated carbocycles. The van der Waals surface area contributed by atoms with Crippen LogP contribution in [0.5, 0.6) is 0 Å². The fourth-order valence-electron chi connectivity index (χ4n) is 2.21. The molecule has 0 aromatic heterocycles. The zero-order valence-corrected chi connectivity index (χ0v) is 10.4. The van der Waals surface area contributed by atoms with E-state index in [-0.39, 0.29) is 5.82 Å². The van der Waals surface area contributed by atoms with Gasteiger partial charge < -0.3 is 10.1 Å². The Kier molecular flexibility index (Phi) is 4.29. The molecule has 1 aliphatic rings. The van der Waals surface area contributed by atoms with Crippen molar-refractivity contribution in [2.45, 2.75) is 25.9 Å². The van der Waals surface area contributed by atoms with Crippen LogP contribution in [0.4, 0.5) is 4.39 Å². The minimum Gasteiger partial charge on any atom is -0.381 e. The molecule has 1 fully saturated rings. The molecule has 2 unspecified atom stereocenters. The zero-order chi connectivity index (χ0) is 13.0. The normalized spacial score (nSPS) is 20.6. The number of hydrogen-bond donors (Lipinski definition) is 1. The lowest BCUT2D eigenvalue weighted by Gasteiger charge is -2.19. The summed E-state index contributed by atoms with van der Waals surface area (Å²) in [6.07, 6.45) is 1.07. The zero-order valence-electron chi connectivity index (χ0n) is 10.4. The summed E-state index contributed by atoms with van der Waals surface area (Å²) in [4.78, 5) is 0. The fraction of sp³-hybridized carbons (Fsp3) is 0.500. The van der Waals surface area contributed by atoms with Gasteiger partial charge in [-0.2, -0.15) is 5.26 Å². The van der Waals surface area contributed by atoms with Crippen LogP contribution >= 0.6 is 0 Å². The van der Waals surface area contributed by atoms with E-state index in [1.165, 1.54) is 12.1 Å². The third kappa shape index (κ3) is 3.28. The molecule has 1 heterocycles. The minimum atomic E-state index is -0.359. The number of halogens is 1. The van der Waals surface area contributed by atoms with Gasteiger partial charge in [0.2, 0.25) is 0 Å². The summed E-state index contributed by atoms with van der Waals surface area (Å²) in [5, 5.41) is 12.1. The third-order valence-corrected chi connectivity index (χ3v) is 3.39. The third-order valence-electron chi connectivity index (χ3n) is 3.39. The maximum absolute atomic E-state index is 13.2. The van der Waals surface area contributed by atoms with Crippen LogP contribution in [0.25, 0.3) is 0 Å². The number of nitrogens with one attached hydrogen (secondary N) is 1. The van der Waals surface area contributed by atoms with Gasteiger partial charge in [0, 0.05) is 19.2 Å². The van der Waals surface area contributed by atoms with Crippen LogP contribution in [0.15, 0.2) is 18.2 Å². The van der Waals surface area contributed by atoms with Gasteiger partial charge in [-0.3, -0.25) is 0 Å². The summed E-state index contributed by atoms with van der Waals surface area (Å²) in [5.74, 6) is 0.164. The molecule has 96 valence electrons. The van der Waals surface area contributed by atoms with Crippen molar-refractivity contribution >= 4 is 0 Å². The monoisotopic (exact) mass is 248 g/mol. The highest BCUT2D eigenvalue weighted by atomic mass is 19.1. The summed E-state index contributed by atoms with van der Waals surface area (Å²) < 4.78 is 18.6. The predicted molar refractivity (Wildman–Crippen MR) is 66.3 cm³/mol. The van der Waals surface area contributed by atoms with Crippen molar-refractivity contribution in [3.8, 4) is 6.07 Å². The van der Waals surface area contributed by atoms with Gasteiger partial charge in [-0.05, 0) is 43.0 Å². The van der Waals surface area contributed by atoms with Crippen LogP contribution in [-0.4, -0.2) is 19.3 Å². The maximum atomic E-state index is 13.2. The quantitative estimate of drug-likeness (QED) is 0.888. The highest BCUT2D eigenvalue weighted by Crippen LogP contribution is 2.17. The molecule has 1 N–H and O–H groups in total. The molecule has 1 aromatic carbocycles. The second-order valence-electron chi connectivity index (χ2n) is 4.75. The lowest BCUT2D eigenvalue weighted by molar-refractivity contribution is 0.178. The standard InChI is InChI=1S/C14H17FN2O/c1-10(13-2-3-18-9-13)17-8-12-4-11(7-16)5-14(15)6-12/h4-6,10,13,17H,2-3,8-9H2,1H3. The Hall–Kier alpha value is -1.44. The van der Waals surface area contributed by atoms with Gasteiger partial charge in [-0.15, -0.1) is 0 Å². The number of hydrogen-bond acceptors (Lipinski definition) is 3. The molecule has 1 aromatic rings. The van der Waals surface area contributed by atoms with Crippen LogP contribution in [0.3, 0.4) is 0 Å². The molecule has 1 saturated heterocycles. The van der Waals surface area contributed by atoms with Crippen molar-refractivity contribution in [1.82, 2.24) is 5.32 Å². The Labute approximate surface area is 107 Å².